The summed E-state index contributed by atoms with van der Waals surface area (Å²) in [4.78, 5) is 23.1. The topological polar surface area (TPSA) is 76.7 Å². The fraction of sp³-hybridized carbons (Fsp3) is 0.556. The molecule has 0 saturated heterocycles. The molecule has 1 aromatic rings. The van der Waals surface area contributed by atoms with Gasteiger partial charge in [0.2, 0.25) is 0 Å². The van der Waals surface area contributed by atoms with Crippen LogP contribution < -0.4 is 10.6 Å². The van der Waals surface area contributed by atoms with Crippen molar-refractivity contribution in [3.63, 3.8) is 0 Å². The largest absolute Gasteiger partial charge is 0.450 e. The van der Waals surface area contributed by atoms with Crippen molar-refractivity contribution in [1.29, 1.82) is 0 Å². The van der Waals surface area contributed by atoms with Gasteiger partial charge in [0, 0.05) is 12.2 Å². The maximum Gasteiger partial charge on any atom is 0.411 e. The number of carbonyl (C=O) groups excluding carboxylic acids is 2. The van der Waals surface area contributed by atoms with E-state index in [1.54, 1.807) is 6.92 Å². The van der Waals surface area contributed by atoms with Gasteiger partial charge in [0.15, 0.2) is 0 Å². The fourth-order valence-electron chi connectivity index (χ4n) is 2.08. The van der Waals surface area contributed by atoms with E-state index in [0.717, 1.165) is 12.0 Å². The van der Waals surface area contributed by atoms with E-state index in [1.165, 1.54) is 0 Å². The van der Waals surface area contributed by atoms with E-state index in [2.05, 4.69) is 17.6 Å². The number of nitrogens with one attached hydrogen (secondary N) is 2. The molecule has 24 heavy (non-hydrogen) atoms. The van der Waals surface area contributed by atoms with Crippen LogP contribution >= 0.6 is 0 Å². The van der Waals surface area contributed by atoms with Gasteiger partial charge in [0.1, 0.15) is 5.60 Å². The SMILES string of the molecule is CCOC(=O)Nc1cccc(C(C)CCNC(=O)OC(C)(C)C)c1. The smallest absolute Gasteiger partial charge is 0.411 e. The molecule has 0 radical (unpaired) electrons. The molecular weight excluding hydrogens is 308 g/mol. The number of hydrogen-bond donors (Lipinski definition) is 2. The number of benzene rings is 1. The number of anilines is 1. The predicted molar refractivity (Wildman–Crippen MR) is 94.4 cm³/mol. The summed E-state index contributed by atoms with van der Waals surface area (Å²) in [5.74, 6) is 0.226. The Labute approximate surface area is 143 Å². The zero-order valence-electron chi connectivity index (χ0n) is 15.1. The first kappa shape index (κ1) is 19.8. The van der Waals surface area contributed by atoms with Gasteiger partial charge in [0.25, 0.3) is 0 Å². The van der Waals surface area contributed by atoms with Crippen LogP contribution in [0.3, 0.4) is 0 Å². The third-order valence-electron chi connectivity index (χ3n) is 3.22. The van der Waals surface area contributed by atoms with Gasteiger partial charge in [-0.25, -0.2) is 9.59 Å². The summed E-state index contributed by atoms with van der Waals surface area (Å²) < 4.78 is 10.1. The molecule has 0 bridgehead atoms. The van der Waals surface area contributed by atoms with Crippen molar-refractivity contribution in [3.05, 3.63) is 29.8 Å². The van der Waals surface area contributed by atoms with Crippen LogP contribution in [-0.4, -0.2) is 30.9 Å². The van der Waals surface area contributed by atoms with Crippen LogP contribution in [0.25, 0.3) is 0 Å². The summed E-state index contributed by atoms with van der Waals surface area (Å²) in [5, 5.41) is 5.44. The Balaban J connectivity index is 2.49. The Hall–Kier alpha value is -2.24. The lowest BCUT2D eigenvalue weighted by atomic mass is 9.97. The highest BCUT2D eigenvalue weighted by Gasteiger charge is 2.16. The summed E-state index contributed by atoms with van der Waals surface area (Å²) in [6.45, 7) is 10.2. The number of carbonyl (C=O) groups is 2. The molecular formula is C18H28N2O4. The van der Waals surface area contributed by atoms with E-state index in [4.69, 9.17) is 9.47 Å². The van der Waals surface area contributed by atoms with Gasteiger partial charge >= 0.3 is 12.2 Å². The second-order valence-corrected chi connectivity index (χ2v) is 6.59. The highest BCUT2D eigenvalue weighted by molar-refractivity contribution is 5.84. The van der Waals surface area contributed by atoms with Crippen molar-refractivity contribution in [3.8, 4) is 0 Å². The van der Waals surface area contributed by atoms with Crippen LogP contribution in [0.15, 0.2) is 24.3 Å². The molecule has 134 valence electrons. The zero-order valence-corrected chi connectivity index (χ0v) is 15.1. The molecule has 0 aromatic heterocycles. The molecule has 0 aliphatic rings. The van der Waals surface area contributed by atoms with Crippen LogP contribution in [0.1, 0.15) is 52.5 Å². The van der Waals surface area contributed by atoms with Gasteiger partial charge in [-0.05, 0) is 57.7 Å². The summed E-state index contributed by atoms with van der Waals surface area (Å²) in [6, 6.07) is 7.60. The lowest BCUT2D eigenvalue weighted by Crippen LogP contribution is -2.33. The molecule has 0 fully saturated rings. The molecule has 0 heterocycles. The lowest BCUT2D eigenvalue weighted by molar-refractivity contribution is 0.0526. The van der Waals surface area contributed by atoms with Crippen LogP contribution in [-0.2, 0) is 9.47 Å². The van der Waals surface area contributed by atoms with Gasteiger partial charge < -0.3 is 14.8 Å². The third-order valence-corrected chi connectivity index (χ3v) is 3.22. The normalized spacial score (nSPS) is 12.2. The van der Waals surface area contributed by atoms with Crippen LogP contribution in [0.5, 0.6) is 0 Å². The van der Waals surface area contributed by atoms with E-state index in [9.17, 15) is 9.59 Å². The van der Waals surface area contributed by atoms with Gasteiger partial charge in [0.05, 0.1) is 6.61 Å². The predicted octanol–water partition coefficient (Wildman–Crippen LogP) is 4.27. The van der Waals surface area contributed by atoms with Crippen molar-refractivity contribution in [2.24, 2.45) is 0 Å². The maximum atomic E-state index is 11.6. The Morgan fingerprint density at radius 2 is 1.92 bits per heavy atom. The molecule has 0 aliphatic carbocycles. The zero-order chi connectivity index (χ0) is 18.2. The quantitative estimate of drug-likeness (QED) is 0.813. The molecule has 2 amide bonds. The average molecular weight is 336 g/mol. The second-order valence-electron chi connectivity index (χ2n) is 6.59. The minimum Gasteiger partial charge on any atom is -0.450 e. The van der Waals surface area contributed by atoms with Crippen molar-refractivity contribution in [2.45, 2.75) is 52.6 Å². The van der Waals surface area contributed by atoms with Crippen LogP contribution in [0.2, 0.25) is 0 Å². The molecule has 1 rings (SSSR count). The first-order chi connectivity index (χ1) is 11.2. The van der Waals surface area contributed by atoms with Gasteiger partial charge in [-0.15, -0.1) is 0 Å². The van der Waals surface area contributed by atoms with Crippen LogP contribution in [0.4, 0.5) is 15.3 Å². The molecule has 1 unspecified atom stereocenters. The van der Waals surface area contributed by atoms with E-state index < -0.39 is 17.8 Å². The Morgan fingerprint density at radius 3 is 2.54 bits per heavy atom. The highest BCUT2D eigenvalue weighted by atomic mass is 16.6. The number of hydrogen-bond acceptors (Lipinski definition) is 4. The van der Waals surface area contributed by atoms with Gasteiger partial charge in [-0.2, -0.15) is 0 Å². The molecule has 1 atom stereocenters. The first-order valence-corrected chi connectivity index (χ1v) is 8.22. The molecule has 1 aromatic carbocycles. The summed E-state index contributed by atoms with van der Waals surface area (Å²) in [7, 11) is 0. The molecule has 2 N–H and O–H groups in total. The lowest BCUT2D eigenvalue weighted by Gasteiger charge is -2.20. The fourth-order valence-corrected chi connectivity index (χ4v) is 2.08. The van der Waals surface area contributed by atoms with Crippen molar-refractivity contribution in [2.75, 3.05) is 18.5 Å². The Bertz CT molecular complexity index is 552. The minimum atomic E-state index is -0.497. The Morgan fingerprint density at radius 1 is 1.21 bits per heavy atom. The Kier molecular flexibility index (Phi) is 7.55. The minimum absolute atomic E-state index is 0.226. The van der Waals surface area contributed by atoms with Crippen molar-refractivity contribution < 1.29 is 19.1 Å². The van der Waals surface area contributed by atoms with E-state index in [-0.39, 0.29) is 5.92 Å². The molecule has 0 saturated carbocycles. The first-order valence-electron chi connectivity index (χ1n) is 8.22. The highest BCUT2D eigenvalue weighted by Crippen LogP contribution is 2.22. The van der Waals surface area contributed by atoms with E-state index in [1.807, 2.05) is 45.0 Å². The monoisotopic (exact) mass is 336 g/mol. The maximum absolute atomic E-state index is 11.6. The third kappa shape index (κ3) is 7.85. The second kappa shape index (κ2) is 9.15. The van der Waals surface area contributed by atoms with Crippen molar-refractivity contribution in [1.82, 2.24) is 5.32 Å². The standard InChI is InChI=1S/C18H28N2O4/c1-6-23-17(22)20-15-9-7-8-14(12-15)13(2)10-11-19-16(21)24-18(3,4)5/h7-9,12-13H,6,10-11H2,1-5H3,(H,19,21)(H,20,22). The number of amides is 2. The van der Waals surface area contributed by atoms with Gasteiger partial charge in [-0.1, -0.05) is 19.1 Å². The number of ether oxygens (including phenoxy) is 2. The number of rotatable bonds is 6. The molecule has 6 heteroatoms. The van der Waals surface area contributed by atoms with E-state index in [0.29, 0.717) is 18.8 Å². The molecule has 0 aliphatic heterocycles. The van der Waals surface area contributed by atoms with Crippen LogP contribution in [0, 0.1) is 0 Å². The summed E-state index contributed by atoms with van der Waals surface area (Å²) in [6.07, 6.45) is -0.108. The number of alkyl carbamates (subject to hydrolysis) is 1. The van der Waals surface area contributed by atoms with Gasteiger partial charge in [-0.3, -0.25) is 5.32 Å². The van der Waals surface area contributed by atoms with E-state index >= 15 is 0 Å². The molecule has 0 spiro atoms. The van der Waals surface area contributed by atoms with Crippen molar-refractivity contribution >= 4 is 17.9 Å². The summed E-state index contributed by atoms with van der Waals surface area (Å²) in [5.41, 5.74) is 1.27. The molecule has 6 nitrogen and oxygen atoms in total. The summed E-state index contributed by atoms with van der Waals surface area (Å²) >= 11 is 0. The average Bonchev–Trinajstić information content (AvgIpc) is 2.45.